The monoisotopic (exact) mass is 501 g/mol. The Hall–Kier alpha value is -3.67. The molecule has 0 spiro atoms. The van der Waals surface area contributed by atoms with E-state index in [1.807, 2.05) is 55.8 Å². The Morgan fingerprint density at radius 1 is 1.27 bits per heavy atom. The van der Waals surface area contributed by atoms with Crippen molar-refractivity contribution in [1.29, 1.82) is 5.26 Å². The van der Waals surface area contributed by atoms with Crippen LogP contribution in [0.25, 0.3) is 0 Å². The molecular weight excluding hydrogens is 466 g/mol. The zero-order chi connectivity index (χ0) is 26.6. The highest BCUT2D eigenvalue weighted by molar-refractivity contribution is 5.88. The summed E-state index contributed by atoms with van der Waals surface area (Å²) in [5.74, 6) is 0.955. The lowest BCUT2D eigenvalue weighted by molar-refractivity contribution is -0.137. The second-order valence-electron chi connectivity index (χ2n) is 9.92. The van der Waals surface area contributed by atoms with Crippen LogP contribution in [0.1, 0.15) is 61.9 Å². The van der Waals surface area contributed by atoms with Crippen LogP contribution in [0.5, 0.6) is 11.5 Å². The average molecular weight is 502 g/mol. The number of imidazole rings is 1. The van der Waals surface area contributed by atoms with Crippen molar-refractivity contribution in [3.8, 4) is 17.6 Å². The maximum atomic E-state index is 13.7. The van der Waals surface area contributed by atoms with Crippen LogP contribution >= 0.6 is 0 Å². The quantitative estimate of drug-likeness (QED) is 0.483. The molecule has 1 saturated heterocycles. The van der Waals surface area contributed by atoms with E-state index in [1.165, 1.54) is 0 Å². The number of aryl methyl sites for hydroxylation is 1. The fourth-order valence-corrected chi connectivity index (χ4v) is 5.49. The van der Waals surface area contributed by atoms with Crippen molar-refractivity contribution >= 4 is 5.91 Å². The molecule has 0 aliphatic carbocycles. The zero-order valence-electron chi connectivity index (χ0n) is 21.8. The first-order valence-corrected chi connectivity index (χ1v) is 12.8. The van der Waals surface area contributed by atoms with Gasteiger partial charge in [0, 0.05) is 25.7 Å². The second-order valence-corrected chi connectivity index (χ2v) is 9.92. The fraction of sp³-hybridized carbons (Fsp3) is 0.414. The summed E-state index contributed by atoms with van der Waals surface area (Å²) in [5, 5.41) is 19.4. The molecule has 1 aliphatic rings. The van der Waals surface area contributed by atoms with Crippen molar-refractivity contribution < 1.29 is 14.6 Å². The number of amides is 1. The number of aliphatic hydroxyl groups excluding tert-OH is 1. The molecule has 1 amide bonds. The Labute approximate surface area is 218 Å². The molecule has 4 rings (SSSR count). The first kappa shape index (κ1) is 26.4. The zero-order valence-corrected chi connectivity index (χ0v) is 21.8. The van der Waals surface area contributed by atoms with Gasteiger partial charge in [0.2, 0.25) is 5.91 Å². The molecule has 2 aromatic carbocycles. The van der Waals surface area contributed by atoms with Crippen LogP contribution in [0, 0.1) is 11.3 Å². The maximum Gasteiger partial charge on any atom is 0.233 e. The number of aromatic nitrogens is 2. The number of benzene rings is 2. The molecule has 1 aliphatic heterocycles. The molecule has 3 aromatic rings. The summed E-state index contributed by atoms with van der Waals surface area (Å²) in [6, 6.07) is 15.2. The molecule has 2 atom stereocenters. The van der Waals surface area contributed by atoms with Crippen LogP contribution in [0.3, 0.4) is 0 Å². The van der Waals surface area contributed by atoms with Gasteiger partial charge in [-0.25, -0.2) is 4.98 Å². The predicted molar refractivity (Wildman–Crippen MR) is 141 cm³/mol. The smallest absolute Gasteiger partial charge is 0.233 e. The van der Waals surface area contributed by atoms with Crippen molar-refractivity contribution in [3.05, 3.63) is 77.4 Å². The highest BCUT2D eigenvalue weighted by Crippen LogP contribution is 2.41. The number of hydrogen-bond donors (Lipinski definition) is 2. The lowest BCUT2D eigenvalue weighted by Gasteiger charge is -2.35. The Morgan fingerprint density at radius 3 is 2.73 bits per heavy atom. The number of nitriles is 1. The number of nitrogens with two attached hydrogens (primary N) is 1. The second kappa shape index (κ2) is 10.8. The van der Waals surface area contributed by atoms with Gasteiger partial charge in [-0.2, -0.15) is 5.26 Å². The molecule has 2 unspecified atom stereocenters. The minimum Gasteiger partial charge on any atom is -0.456 e. The number of para-hydroxylation sites is 1. The molecule has 8 heteroatoms. The molecule has 3 N–H and O–H groups in total. The van der Waals surface area contributed by atoms with Gasteiger partial charge in [-0.05, 0) is 49.9 Å². The number of rotatable bonds is 8. The van der Waals surface area contributed by atoms with Gasteiger partial charge in [0.25, 0.3) is 0 Å². The molecule has 0 saturated carbocycles. The lowest BCUT2D eigenvalue weighted by atomic mass is 9.73. The Kier molecular flexibility index (Phi) is 7.67. The minimum atomic E-state index is -0.974. The summed E-state index contributed by atoms with van der Waals surface area (Å²) < 4.78 is 8.27. The highest BCUT2D eigenvalue weighted by atomic mass is 16.5. The van der Waals surface area contributed by atoms with Gasteiger partial charge in [0.1, 0.15) is 11.8 Å². The van der Waals surface area contributed by atoms with Gasteiger partial charge in [0.05, 0.1) is 41.3 Å². The van der Waals surface area contributed by atoms with Crippen LogP contribution in [0.15, 0.2) is 55.0 Å². The van der Waals surface area contributed by atoms with Crippen LogP contribution in [-0.2, 0) is 22.8 Å². The number of carbonyl (C=O) groups excluding carboxylic acids is 1. The third kappa shape index (κ3) is 4.85. The summed E-state index contributed by atoms with van der Waals surface area (Å²) in [4.78, 5) is 19.7. The van der Waals surface area contributed by atoms with E-state index in [-0.39, 0.29) is 12.5 Å². The van der Waals surface area contributed by atoms with Crippen LogP contribution in [0.2, 0.25) is 0 Å². The van der Waals surface area contributed by atoms with Crippen LogP contribution in [0.4, 0.5) is 0 Å². The summed E-state index contributed by atoms with van der Waals surface area (Å²) >= 11 is 0. The highest BCUT2D eigenvalue weighted by Gasteiger charge is 2.42. The van der Waals surface area contributed by atoms with E-state index >= 15 is 0 Å². The largest absolute Gasteiger partial charge is 0.456 e. The number of hydrogen-bond acceptors (Lipinski definition) is 6. The van der Waals surface area contributed by atoms with E-state index in [0.29, 0.717) is 42.1 Å². The van der Waals surface area contributed by atoms with Gasteiger partial charge < -0.3 is 25.0 Å². The molecule has 0 radical (unpaired) electrons. The number of β-amino-alcohol motifs (C(OH)–C–C–N with tert-alkyl or cyclic N) is 1. The van der Waals surface area contributed by atoms with E-state index in [2.05, 4.69) is 11.1 Å². The fourth-order valence-electron chi connectivity index (χ4n) is 5.49. The van der Waals surface area contributed by atoms with Gasteiger partial charge in [-0.3, -0.25) is 4.79 Å². The molecule has 0 bridgehead atoms. The molecule has 2 heterocycles. The van der Waals surface area contributed by atoms with E-state index in [4.69, 9.17) is 10.5 Å². The number of ether oxygens (including phenoxy) is 1. The van der Waals surface area contributed by atoms with Crippen molar-refractivity contribution in [1.82, 2.24) is 14.5 Å². The Balaban J connectivity index is 1.77. The van der Waals surface area contributed by atoms with Crippen molar-refractivity contribution in [3.63, 3.8) is 0 Å². The topological polar surface area (TPSA) is 117 Å². The number of likely N-dealkylation sites (tertiary alicyclic amines) is 1. The molecule has 8 nitrogen and oxygen atoms in total. The SMILES string of the molecule is CCC1(c2cccc(Oc3c(C#N)cccc3C(C)(N)c3cncn3C)c2)CCCCN(CCO)C1=O. The predicted octanol–water partition coefficient (Wildman–Crippen LogP) is 3.96. The van der Waals surface area contributed by atoms with E-state index in [1.54, 1.807) is 29.6 Å². The van der Waals surface area contributed by atoms with E-state index < -0.39 is 11.0 Å². The number of aliphatic hydroxyl groups is 1. The van der Waals surface area contributed by atoms with Crippen LogP contribution < -0.4 is 10.5 Å². The maximum absolute atomic E-state index is 13.7. The molecule has 1 fully saturated rings. The van der Waals surface area contributed by atoms with Crippen molar-refractivity contribution in [2.75, 3.05) is 19.7 Å². The average Bonchev–Trinajstić information content (AvgIpc) is 3.28. The number of carbonyl (C=O) groups is 1. The Bertz CT molecular complexity index is 1310. The van der Waals surface area contributed by atoms with Crippen molar-refractivity contribution in [2.45, 2.75) is 50.5 Å². The van der Waals surface area contributed by atoms with Gasteiger partial charge in [-0.15, -0.1) is 0 Å². The van der Waals surface area contributed by atoms with E-state index in [9.17, 15) is 15.2 Å². The third-order valence-electron chi connectivity index (χ3n) is 7.60. The summed E-state index contributed by atoms with van der Waals surface area (Å²) in [6.07, 6.45) is 6.60. The molecule has 1 aromatic heterocycles. The summed E-state index contributed by atoms with van der Waals surface area (Å²) in [6.45, 7) is 4.83. The first-order valence-electron chi connectivity index (χ1n) is 12.8. The molecular formula is C29H35N5O3. The van der Waals surface area contributed by atoms with Crippen LogP contribution in [-0.4, -0.2) is 45.2 Å². The molecule has 194 valence electrons. The Morgan fingerprint density at radius 2 is 2.05 bits per heavy atom. The van der Waals surface area contributed by atoms with E-state index in [0.717, 1.165) is 30.5 Å². The first-order chi connectivity index (χ1) is 17.8. The van der Waals surface area contributed by atoms with Gasteiger partial charge in [-0.1, -0.05) is 37.6 Å². The lowest BCUT2D eigenvalue weighted by Crippen LogP contribution is -2.46. The molecule has 37 heavy (non-hydrogen) atoms. The van der Waals surface area contributed by atoms with Crippen molar-refractivity contribution in [2.24, 2.45) is 12.8 Å². The summed E-state index contributed by atoms with van der Waals surface area (Å²) in [5.41, 5.74) is 7.84. The van der Waals surface area contributed by atoms with Gasteiger partial charge in [0.15, 0.2) is 5.75 Å². The van der Waals surface area contributed by atoms with Gasteiger partial charge >= 0.3 is 0 Å². The number of nitrogens with zero attached hydrogens (tertiary/aromatic N) is 4. The standard InChI is InChI=1S/C29H35N5O3/c1-4-29(13-5-6-14-34(15-16-35)27(29)36)22-10-8-11-23(17-22)37-26-21(18-30)9-7-12-24(26)28(2,31)25-19-32-20-33(25)3/h7-12,17,19-20,35H,4-6,13-16,31H2,1-3H3. The third-order valence-corrected chi connectivity index (χ3v) is 7.60. The minimum absolute atomic E-state index is 0.0440. The summed E-state index contributed by atoms with van der Waals surface area (Å²) in [7, 11) is 1.87. The normalized spacial score (nSPS) is 19.7.